The topological polar surface area (TPSA) is 56.5 Å². The van der Waals surface area contributed by atoms with Gasteiger partial charge in [-0.3, -0.25) is 0 Å². The van der Waals surface area contributed by atoms with E-state index in [1.807, 2.05) is 12.1 Å². The van der Waals surface area contributed by atoms with Crippen molar-refractivity contribution in [3.63, 3.8) is 0 Å². The molecule has 21 heavy (non-hydrogen) atoms. The van der Waals surface area contributed by atoms with Gasteiger partial charge in [-0.2, -0.15) is 5.26 Å². The number of aliphatic hydroxyl groups is 1. The van der Waals surface area contributed by atoms with Gasteiger partial charge in [0.25, 0.3) is 0 Å². The van der Waals surface area contributed by atoms with Gasteiger partial charge in [-0.1, -0.05) is 6.92 Å². The highest BCUT2D eigenvalue weighted by atomic mass is 16.5. The van der Waals surface area contributed by atoms with Crippen LogP contribution in [0.1, 0.15) is 38.2 Å². The molecule has 1 saturated heterocycles. The Balaban J connectivity index is 1.92. The molecule has 1 heterocycles. The first-order chi connectivity index (χ1) is 10.1. The molecule has 0 aromatic heterocycles. The lowest BCUT2D eigenvalue weighted by molar-refractivity contribution is 0.00843. The molecule has 4 nitrogen and oxygen atoms in total. The van der Waals surface area contributed by atoms with E-state index in [4.69, 9.17) is 10.00 Å². The Bertz CT molecular complexity index is 577. The van der Waals surface area contributed by atoms with Crippen molar-refractivity contribution in [1.82, 2.24) is 0 Å². The molecule has 3 rings (SSSR count). The van der Waals surface area contributed by atoms with Crippen LogP contribution in [0.15, 0.2) is 18.2 Å². The fraction of sp³-hybridized carbons (Fsp3) is 0.588. The highest BCUT2D eigenvalue weighted by Gasteiger charge is 2.54. The maximum absolute atomic E-state index is 11.0. The van der Waals surface area contributed by atoms with Crippen LogP contribution in [0.4, 0.5) is 5.69 Å². The van der Waals surface area contributed by atoms with Gasteiger partial charge < -0.3 is 14.7 Å². The molecule has 1 aromatic carbocycles. The lowest BCUT2D eigenvalue weighted by Gasteiger charge is -2.35. The number of rotatable bonds is 4. The Kier molecular flexibility index (Phi) is 3.54. The van der Waals surface area contributed by atoms with E-state index in [9.17, 15) is 5.11 Å². The molecule has 2 unspecified atom stereocenters. The van der Waals surface area contributed by atoms with Gasteiger partial charge in [0.15, 0.2) is 0 Å². The molecule has 0 radical (unpaired) electrons. The van der Waals surface area contributed by atoms with Crippen LogP contribution in [0.3, 0.4) is 0 Å². The fourth-order valence-corrected chi connectivity index (χ4v) is 3.79. The van der Waals surface area contributed by atoms with Gasteiger partial charge in [0.05, 0.1) is 24.3 Å². The first kappa shape index (κ1) is 14.2. The molecule has 1 saturated carbocycles. The highest BCUT2D eigenvalue weighted by Crippen LogP contribution is 2.49. The lowest BCUT2D eigenvalue weighted by Crippen LogP contribution is -2.46. The minimum atomic E-state index is -0.546. The Morgan fingerprint density at radius 3 is 2.81 bits per heavy atom. The molecule has 1 aromatic rings. The van der Waals surface area contributed by atoms with E-state index >= 15 is 0 Å². The van der Waals surface area contributed by atoms with Crippen LogP contribution in [0.2, 0.25) is 0 Å². The number of hydrogen-bond donors (Lipinski definition) is 1. The molecule has 1 aliphatic carbocycles. The van der Waals surface area contributed by atoms with Crippen LogP contribution < -0.4 is 9.64 Å². The van der Waals surface area contributed by atoms with E-state index in [0.29, 0.717) is 17.2 Å². The molecule has 2 fully saturated rings. The van der Waals surface area contributed by atoms with E-state index in [2.05, 4.69) is 17.9 Å². The number of nitriles is 1. The summed E-state index contributed by atoms with van der Waals surface area (Å²) in [6, 6.07) is 7.97. The molecule has 0 bridgehead atoms. The smallest absolute Gasteiger partial charge is 0.138 e. The van der Waals surface area contributed by atoms with Gasteiger partial charge in [0.1, 0.15) is 11.8 Å². The third kappa shape index (κ3) is 2.26. The van der Waals surface area contributed by atoms with E-state index in [1.54, 1.807) is 13.2 Å². The largest absolute Gasteiger partial charge is 0.495 e. The highest BCUT2D eigenvalue weighted by molar-refractivity contribution is 5.58. The summed E-state index contributed by atoms with van der Waals surface area (Å²) in [5.41, 5.74) is 1.04. The van der Waals surface area contributed by atoms with Crippen LogP contribution >= 0.6 is 0 Å². The third-order valence-electron chi connectivity index (χ3n) is 5.01. The van der Waals surface area contributed by atoms with Crippen molar-refractivity contribution in [1.29, 1.82) is 5.26 Å². The number of nitrogens with zero attached hydrogens (tertiary/aromatic N) is 2. The van der Waals surface area contributed by atoms with Gasteiger partial charge in [-0.25, -0.2) is 0 Å². The number of benzene rings is 1. The number of methoxy groups -OCH3 is 1. The lowest BCUT2D eigenvalue weighted by atomic mass is 9.87. The second-order valence-corrected chi connectivity index (χ2v) is 6.13. The second kappa shape index (κ2) is 5.23. The molecule has 1 aliphatic heterocycles. The van der Waals surface area contributed by atoms with Crippen molar-refractivity contribution < 1.29 is 9.84 Å². The molecule has 0 amide bonds. The van der Waals surface area contributed by atoms with Crippen LogP contribution in [-0.2, 0) is 0 Å². The molecule has 112 valence electrons. The summed E-state index contributed by atoms with van der Waals surface area (Å²) in [4.78, 5) is 2.28. The maximum atomic E-state index is 11.0. The Morgan fingerprint density at radius 1 is 1.48 bits per heavy atom. The summed E-state index contributed by atoms with van der Waals surface area (Å²) in [6.07, 6.45) is 4.06. The Morgan fingerprint density at radius 2 is 2.24 bits per heavy atom. The summed E-state index contributed by atoms with van der Waals surface area (Å²) < 4.78 is 5.31. The van der Waals surface area contributed by atoms with Gasteiger partial charge in [-0.15, -0.1) is 0 Å². The number of hydrogen-bond acceptors (Lipinski definition) is 4. The van der Waals surface area contributed by atoms with Crippen LogP contribution in [0.25, 0.3) is 0 Å². The maximum Gasteiger partial charge on any atom is 0.138 e. The summed E-state index contributed by atoms with van der Waals surface area (Å²) >= 11 is 0. The normalized spacial score (nSPS) is 28.5. The zero-order chi connectivity index (χ0) is 15.0. The quantitative estimate of drug-likeness (QED) is 0.924. The van der Waals surface area contributed by atoms with Gasteiger partial charge in [0.2, 0.25) is 0 Å². The average molecular weight is 286 g/mol. The Hall–Kier alpha value is -1.73. The summed E-state index contributed by atoms with van der Waals surface area (Å²) in [7, 11) is 1.59. The van der Waals surface area contributed by atoms with E-state index in [0.717, 1.165) is 37.9 Å². The van der Waals surface area contributed by atoms with Gasteiger partial charge >= 0.3 is 0 Å². The SMILES string of the molecule is CCC1N(c2ccc(C#N)c(OC)c2)CCC1(O)C1CC1. The fourth-order valence-electron chi connectivity index (χ4n) is 3.79. The minimum absolute atomic E-state index is 0.155. The first-order valence-corrected chi connectivity index (χ1v) is 7.71. The molecule has 1 N–H and O–H groups in total. The van der Waals surface area contributed by atoms with Crippen molar-refractivity contribution in [3.05, 3.63) is 23.8 Å². The molecule has 2 aliphatic rings. The van der Waals surface area contributed by atoms with Crippen molar-refractivity contribution >= 4 is 5.69 Å². The molecular weight excluding hydrogens is 264 g/mol. The van der Waals surface area contributed by atoms with Crippen LogP contribution in [-0.4, -0.2) is 30.4 Å². The second-order valence-electron chi connectivity index (χ2n) is 6.13. The molecule has 2 atom stereocenters. The van der Waals surface area contributed by atoms with Crippen molar-refractivity contribution in [2.24, 2.45) is 5.92 Å². The zero-order valence-electron chi connectivity index (χ0n) is 12.7. The summed E-state index contributed by atoms with van der Waals surface area (Å²) in [6.45, 7) is 3.00. The molecule has 0 spiro atoms. The molecular formula is C17H22N2O2. The predicted molar refractivity (Wildman–Crippen MR) is 81.4 cm³/mol. The summed E-state index contributed by atoms with van der Waals surface area (Å²) in [5, 5.41) is 20.1. The first-order valence-electron chi connectivity index (χ1n) is 7.71. The van der Waals surface area contributed by atoms with Crippen molar-refractivity contribution in [3.8, 4) is 11.8 Å². The predicted octanol–water partition coefficient (Wildman–Crippen LogP) is 2.70. The Labute approximate surface area is 125 Å². The average Bonchev–Trinajstić information content (AvgIpc) is 3.31. The van der Waals surface area contributed by atoms with E-state index in [-0.39, 0.29) is 6.04 Å². The van der Waals surface area contributed by atoms with Gasteiger partial charge in [-0.05, 0) is 43.7 Å². The number of ether oxygens (including phenoxy) is 1. The monoisotopic (exact) mass is 286 g/mol. The third-order valence-corrected chi connectivity index (χ3v) is 5.01. The number of anilines is 1. The zero-order valence-corrected chi connectivity index (χ0v) is 12.7. The van der Waals surface area contributed by atoms with E-state index in [1.165, 1.54) is 0 Å². The van der Waals surface area contributed by atoms with E-state index < -0.39 is 5.60 Å². The van der Waals surface area contributed by atoms with Crippen LogP contribution in [0.5, 0.6) is 5.75 Å². The summed E-state index contributed by atoms with van der Waals surface area (Å²) in [5.74, 6) is 1.07. The van der Waals surface area contributed by atoms with Crippen molar-refractivity contribution in [2.75, 3.05) is 18.6 Å². The molecule has 4 heteroatoms. The van der Waals surface area contributed by atoms with Gasteiger partial charge in [0, 0.05) is 18.3 Å². The van der Waals surface area contributed by atoms with Crippen molar-refractivity contribution in [2.45, 2.75) is 44.2 Å². The standard InChI is InChI=1S/C17H22N2O2/c1-3-16-17(20,13-5-6-13)8-9-19(16)14-7-4-12(11-18)15(10-14)21-2/h4,7,10,13,16,20H,3,5-6,8-9H2,1-2H3. The minimum Gasteiger partial charge on any atom is -0.495 e. The van der Waals surface area contributed by atoms with Crippen LogP contribution in [0, 0.1) is 17.2 Å².